The average molecular weight is 319 g/mol. The molecule has 0 amide bonds. The lowest BCUT2D eigenvalue weighted by Crippen LogP contribution is -2.26. The molecule has 23 heavy (non-hydrogen) atoms. The van der Waals surface area contributed by atoms with E-state index in [-0.39, 0.29) is 0 Å². The van der Waals surface area contributed by atoms with Crippen LogP contribution in [0.2, 0.25) is 0 Å². The minimum atomic E-state index is 0.543. The van der Waals surface area contributed by atoms with Gasteiger partial charge in [0.15, 0.2) is 0 Å². The fourth-order valence-corrected chi connectivity index (χ4v) is 5.70. The van der Waals surface area contributed by atoms with E-state index in [1.807, 2.05) is 12.7 Å². The summed E-state index contributed by atoms with van der Waals surface area (Å²) in [5.74, 6) is 4.01. The molecule has 3 aliphatic rings. The van der Waals surface area contributed by atoms with Crippen molar-refractivity contribution in [1.82, 2.24) is 0 Å². The highest BCUT2D eigenvalue weighted by molar-refractivity contribution is 5.12. The summed E-state index contributed by atoms with van der Waals surface area (Å²) < 4.78 is 5.53. The summed E-state index contributed by atoms with van der Waals surface area (Å²) in [6.07, 6.45) is 21.8. The Morgan fingerprint density at radius 1 is 0.913 bits per heavy atom. The second-order valence-electron chi connectivity index (χ2n) is 8.59. The fraction of sp³-hybridized carbons (Fsp3) is 0.909. The zero-order valence-electron chi connectivity index (χ0n) is 15.6. The van der Waals surface area contributed by atoms with Gasteiger partial charge in [0, 0.05) is 7.11 Å². The lowest BCUT2D eigenvalue weighted by Gasteiger charge is -2.37. The highest BCUT2D eigenvalue weighted by Gasteiger charge is 2.30. The lowest BCUT2D eigenvalue weighted by molar-refractivity contribution is 0.0604. The first kappa shape index (κ1) is 17.5. The number of allylic oxidation sites excluding steroid dienone is 2. The van der Waals surface area contributed by atoms with Crippen LogP contribution >= 0.6 is 0 Å². The Bertz CT molecular complexity index is 369. The third-order valence-corrected chi connectivity index (χ3v) is 7.27. The van der Waals surface area contributed by atoms with E-state index in [9.17, 15) is 0 Å². The first-order chi connectivity index (χ1) is 11.3. The molecule has 3 aliphatic carbocycles. The second-order valence-corrected chi connectivity index (χ2v) is 8.59. The minimum Gasteiger partial charge on any atom is -0.381 e. The van der Waals surface area contributed by atoms with Gasteiger partial charge in [-0.05, 0) is 81.5 Å². The van der Waals surface area contributed by atoms with E-state index in [1.54, 1.807) is 0 Å². The molecule has 2 saturated carbocycles. The van der Waals surface area contributed by atoms with Gasteiger partial charge in [0.1, 0.15) is 0 Å². The van der Waals surface area contributed by atoms with Crippen LogP contribution in [0.4, 0.5) is 0 Å². The minimum absolute atomic E-state index is 0.543. The van der Waals surface area contributed by atoms with E-state index < -0.39 is 0 Å². The van der Waals surface area contributed by atoms with Gasteiger partial charge in [-0.25, -0.2) is 0 Å². The van der Waals surface area contributed by atoms with Crippen molar-refractivity contribution in [3.05, 3.63) is 11.6 Å². The van der Waals surface area contributed by atoms with Crippen LogP contribution in [-0.2, 0) is 4.74 Å². The van der Waals surface area contributed by atoms with Crippen LogP contribution in [0.5, 0.6) is 0 Å². The number of hydrogen-bond acceptors (Lipinski definition) is 1. The maximum absolute atomic E-state index is 5.53. The molecule has 0 aromatic carbocycles. The van der Waals surface area contributed by atoms with E-state index in [0.29, 0.717) is 6.10 Å². The molecule has 0 aromatic rings. The van der Waals surface area contributed by atoms with E-state index in [4.69, 9.17) is 4.74 Å². The van der Waals surface area contributed by atoms with Crippen LogP contribution in [0.3, 0.4) is 0 Å². The van der Waals surface area contributed by atoms with Crippen molar-refractivity contribution >= 4 is 0 Å². The Hall–Kier alpha value is -0.300. The summed E-state index contributed by atoms with van der Waals surface area (Å²) in [5, 5.41) is 0. The molecule has 1 nitrogen and oxygen atoms in total. The third-order valence-electron chi connectivity index (χ3n) is 7.27. The van der Waals surface area contributed by atoms with E-state index in [2.05, 4.69) is 13.0 Å². The highest BCUT2D eigenvalue weighted by Crippen LogP contribution is 2.43. The normalized spacial score (nSPS) is 39.0. The number of ether oxygens (including phenoxy) is 1. The summed E-state index contributed by atoms with van der Waals surface area (Å²) in [6, 6.07) is 0. The molecule has 0 aliphatic heterocycles. The number of hydrogen-bond donors (Lipinski definition) is 0. The van der Waals surface area contributed by atoms with Crippen LogP contribution in [0.15, 0.2) is 11.6 Å². The first-order valence-corrected chi connectivity index (χ1v) is 10.5. The van der Waals surface area contributed by atoms with Gasteiger partial charge >= 0.3 is 0 Å². The summed E-state index contributed by atoms with van der Waals surface area (Å²) in [5.41, 5.74) is 1.82. The molecular weight excluding hydrogens is 280 g/mol. The molecule has 0 bridgehead atoms. The molecule has 1 atom stereocenters. The smallest absolute Gasteiger partial charge is 0.0571 e. The van der Waals surface area contributed by atoms with Crippen molar-refractivity contribution in [3.63, 3.8) is 0 Å². The predicted octanol–water partition coefficient (Wildman–Crippen LogP) is 6.52. The Balaban J connectivity index is 1.44. The van der Waals surface area contributed by atoms with Gasteiger partial charge in [0.05, 0.1) is 6.10 Å². The molecule has 0 spiro atoms. The van der Waals surface area contributed by atoms with Gasteiger partial charge in [-0.3, -0.25) is 0 Å². The Kier molecular flexibility index (Phi) is 6.62. The number of rotatable bonds is 5. The molecule has 0 heterocycles. The van der Waals surface area contributed by atoms with Crippen molar-refractivity contribution in [2.45, 2.75) is 96.5 Å². The monoisotopic (exact) mass is 318 g/mol. The maximum Gasteiger partial charge on any atom is 0.0571 e. The van der Waals surface area contributed by atoms with Gasteiger partial charge in [-0.2, -0.15) is 0 Å². The van der Waals surface area contributed by atoms with Crippen molar-refractivity contribution in [2.24, 2.45) is 23.7 Å². The highest BCUT2D eigenvalue weighted by atomic mass is 16.5. The third kappa shape index (κ3) is 4.62. The summed E-state index contributed by atoms with van der Waals surface area (Å²) >= 11 is 0. The van der Waals surface area contributed by atoms with Crippen LogP contribution in [0.25, 0.3) is 0 Å². The largest absolute Gasteiger partial charge is 0.381 e. The van der Waals surface area contributed by atoms with Gasteiger partial charge in [-0.1, -0.05) is 44.3 Å². The molecule has 3 rings (SSSR count). The fourth-order valence-electron chi connectivity index (χ4n) is 5.70. The van der Waals surface area contributed by atoms with Gasteiger partial charge in [0.2, 0.25) is 0 Å². The zero-order chi connectivity index (χ0) is 16.1. The molecular formula is C22H38O. The predicted molar refractivity (Wildman–Crippen MR) is 98.5 cm³/mol. The Labute approximate surface area is 144 Å². The first-order valence-electron chi connectivity index (χ1n) is 10.5. The van der Waals surface area contributed by atoms with Gasteiger partial charge < -0.3 is 4.74 Å². The molecule has 0 aromatic heterocycles. The summed E-state index contributed by atoms with van der Waals surface area (Å²) in [6.45, 7) is 2.35. The van der Waals surface area contributed by atoms with Crippen LogP contribution in [-0.4, -0.2) is 13.2 Å². The van der Waals surface area contributed by atoms with E-state index >= 15 is 0 Å². The number of methoxy groups -OCH3 is 1. The molecule has 0 N–H and O–H groups in total. The van der Waals surface area contributed by atoms with Crippen molar-refractivity contribution < 1.29 is 4.74 Å². The molecule has 1 heteroatoms. The molecule has 1 unspecified atom stereocenters. The Morgan fingerprint density at radius 2 is 1.65 bits per heavy atom. The second kappa shape index (κ2) is 8.70. The summed E-state index contributed by atoms with van der Waals surface area (Å²) in [4.78, 5) is 0. The van der Waals surface area contributed by atoms with Crippen LogP contribution in [0.1, 0.15) is 90.4 Å². The van der Waals surface area contributed by atoms with Crippen LogP contribution in [0, 0.1) is 23.7 Å². The van der Waals surface area contributed by atoms with Crippen molar-refractivity contribution in [1.29, 1.82) is 0 Å². The van der Waals surface area contributed by atoms with Gasteiger partial charge in [-0.15, -0.1) is 0 Å². The quantitative estimate of drug-likeness (QED) is 0.524. The SMILES string of the molecule is CCCC1CCC(C2CC=C(C3CCC(OC)CC3)CC2)CC1. The Morgan fingerprint density at radius 3 is 2.22 bits per heavy atom. The average Bonchev–Trinajstić information content (AvgIpc) is 2.63. The van der Waals surface area contributed by atoms with Gasteiger partial charge in [0.25, 0.3) is 0 Å². The van der Waals surface area contributed by atoms with Crippen LogP contribution < -0.4 is 0 Å². The molecule has 2 fully saturated rings. The summed E-state index contributed by atoms with van der Waals surface area (Å²) in [7, 11) is 1.88. The lowest BCUT2D eigenvalue weighted by atomic mass is 9.69. The zero-order valence-corrected chi connectivity index (χ0v) is 15.6. The van der Waals surface area contributed by atoms with E-state index in [1.165, 1.54) is 83.5 Å². The van der Waals surface area contributed by atoms with E-state index in [0.717, 1.165) is 23.7 Å². The topological polar surface area (TPSA) is 9.23 Å². The molecule has 0 radical (unpaired) electrons. The molecule has 132 valence electrons. The molecule has 0 saturated heterocycles. The standard InChI is InChI=1S/C22H38O/c1-3-4-17-5-7-18(8-6-17)19-9-11-20(12-10-19)21-13-15-22(23-2)16-14-21/h11,17-19,21-22H,3-10,12-16H2,1-2H3. The van der Waals surface area contributed by atoms with Crippen molar-refractivity contribution in [3.8, 4) is 0 Å². The van der Waals surface area contributed by atoms with Crippen molar-refractivity contribution in [2.75, 3.05) is 7.11 Å². The maximum atomic E-state index is 5.53.